The maximum Gasteiger partial charge on any atom is 0.237 e. The van der Waals surface area contributed by atoms with E-state index in [1.807, 2.05) is 20.3 Å². The summed E-state index contributed by atoms with van der Waals surface area (Å²) in [5.74, 6) is 0.696. The molecule has 1 heterocycles. The number of methoxy groups -OCH3 is 1. The summed E-state index contributed by atoms with van der Waals surface area (Å²) in [4.78, 5) is 0. The quantitative estimate of drug-likeness (QED) is 0.675. The van der Waals surface area contributed by atoms with Gasteiger partial charge in [0.2, 0.25) is 5.88 Å². The van der Waals surface area contributed by atoms with Crippen LogP contribution < -0.4 is 10.1 Å². The Hall–Kier alpha value is -1.03. The molecule has 0 aliphatic carbocycles. The van der Waals surface area contributed by atoms with Gasteiger partial charge in [-0.3, -0.25) is 4.68 Å². The standard InChI is InChI=1S/C7H13N3O/c1-8-4-6-5-10(2)9-7(6)11-3/h5,8H,4H2,1-3H3. The van der Waals surface area contributed by atoms with Gasteiger partial charge in [0.25, 0.3) is 0 Å². The van der Waals surface area contributed by atoms with Crippen LogP contribution in [-0.4, -0.2) is 23.9 Å². The Morgan fingerprint density at radius 3 is 3.00 bits per heavy atom. The molecule has 1 rings (SSSR count). The van der Waals surface area contributed by atoms with Gasteiger partial charge >= 0.3 is 0 Å². The molecule has 4 nitrogen and oxygen atoms in total. The summed E-state index contributed by atoms with van der Waals surface area (Å²) in [6.45, 7) is 0.789. The second-order valence-corrected chi connectivity index (χ2v) is 2.37. The first-order chi connectivity index (χ1) is 5.27. The highest BCUT2D eigenvalue weighted by Gasteiger charge is 2.04. The van der Waals surface area contributed by atoms with Crippen molar-refractivity contribution in [2.75, 3.05) is 14.2 Å². The summed E-state index contributed by atoms with van der Waals surface area (Å²) in [5, 5.41) is 7.14. The highest BCUT2D eigenvalue weighted by Crippen LogP contribution is 2.13. The summed E-state index contributed by atoms with van der Waals surface area (Å²) in [7, 11) is 5.40. The Balaban J connectivity index is 2.83. The number of nitrogens with one attached hydrogen (secondary N) is 1. The predicted molar refractivity (Wildman–Crippen MR) is 42.5 cm³/mol. The van der Waals surface area contributed by atoms with Crippen LogP contribution in [0.4, 0.5) is 0 Å². The van der Waals surface area contributed by atoms with E-state index < -0.39 is 0 Å². The third kappa shape index (κ3) is 1.71. The van der Waals surface area contributed by atoms with E-state index in [1.165, 1.54) is 0 Å². The highest BCUT2D eigenvalue weighted by atomic mass is 16.5. The number of rotatable bonds is 3. The molecule has 1 N–H and O–H groups in total. The molecule has 1 aromatic heterocycles. The Labute approximate surface area is 66.2 Å². The molecule has 1 aromatic rings. The Morgan fingerprint density at radius 2 is 2.45 bits per heavy atom. The zero-order chi connectivity index (χ0) is 8.27. The van der Waals surface area contributed by atoms with Crippen molar-refractivity contribution in [1.29, 1.82) is 0 Å². The van der Waals surface area contributed by atoms with Crippen molar-refractivity contribution in [3.63, 3.8) is 0 Å². The second kappa shape index (κ2) is 3.39. The van der Waals surface area contributed by atoms with E-state index >= 15 is 0 Å². The Morgan fingerprint density at radius 1 is 1.73 bits per heavy atom. The lowest BCUT2D eigenvalue weighted by atomic mass is 10.3. The van der Waals surface area contributed by atoms with Gasteiger partial charge in [0.1, 0.15) is 0 Å². The van der Waals surface area contributed by atoms with Gasteiger partial charge < -0.3 is 10.1 Å². The predicted octanol–water partition coefficient (Wildman–Crippen LogP) is 0.148. The summed E-state index contributed by atoms with van der Waals surface area (Å²) in [6, 6.07) is 0. The van der Waals surface area contributed by atoms with Gasteiger partial charge in [-0.15, -0.1) is 5.10 Å². The van der Waals surface area contributed by atoms with E-state index in [2.05, 4.69) is 10.4 Å². The maximum atomic E-state index is 5.05. The molecule has 4 heteroatoms. The normalized spacial score (nSPS) is 10.1. The molecule has 0 spiro atoms. The minimum atomic E-state index is 0.696. The van der Waals surface area contributed by atoms with Gasteiger partial charge in [-0.25, -0.2) is 0 Å². The maximum absolute atomic E-state index is 5.05. The summed E-state index contributed by atoms with van der Waals surface area (Å²) >= 11 is 0. The lowest BCUT2D eigenvalue weighted by molar-refractivity contribution is 0.387. The fourth-order valence-electron chi connectivity index (χ4n) is 1.00. The van der Waals surface area contributed by atoms with Gasteiger partial charge in [-0.1, -0.05) is 0 Å². The van der Waals surface area contributed by atoms with Crippen LogP contribution in [0.2, 0.25) is 0 Å². The van der Waals surface area contributed by atoms with Crippen LogP contribution >= 0.6 is 0 Å². The summed E-state index contributed by atoms with van der Waals surface area (Å²) in [6.07, 6.45) is 1.94. The van der Waals surface area contributed by atoms with Crippen LogP contribution in [0.25, 0.3) is 0 Å². The van der Waals surface area contributed by atoms with Crippen LogP contribution in [0, 0.1) is 0 Å². The zero-order valence-corrected chi connectivity index (χ0v) is 7.09. The van der Waals surface area contributed by atoms with E-state index in [1.54, 1.807) is 11.8 Å². The largest absolute Gasteiger partial charge is 0.480 e. The molecule has 0 aliphatic heterocycles. The molecule has 0 unspecified atom stereocenters. The molecule has 11 heavy (non-hydrogen) atoms. The van der Waals surface area contributed by atoms with Gasteiger partial charge in [0, 0.05) is 25.4 Å². The molecule has 0 fully saturated rings. The molecule has 0 aliphatic rings. The van der Waals surface area contributed by atoms with E-state index in [9.17, 15) is 0 Å². The third-order valence-corrected chi connectivity index (χ3v) is 1.43. The Kier molecular flexibility index (Phi) is 2.48. The lowest BCUT2D eigenvalue weighted by Crippen LogP contribution is -2.05. The number of ether oxygens (including phenoxy) is 1. The lowest BCUT2D eigenvalue weighted by Gasteiger charge is -1.97. The van der Waals surface area contributed by atoms with Crippen LogP contribution in [0.15, 0.2) is 6.20 Å². The van der Waals surface area contributed by atoms with Crippen LogP contribution in [-0.2, 0) is 13.6 Å². The number of aromatic nitrogens is 2. The molecule has 0 saturated carbocycles. The number of hydrogen-bond donors (Lipinski definition) is 1. The minimum Gasteiger partial charge on any atom is -0.480 e. The van der Waals surface area contributed by atoms with E-state index in [0.717, 1.165) is 12.1 Å². The summed E-state index contributed by atoms with van der Waals surface area (Å²) in [5.41, 5.74) is 1.08. The smallest absolute Gasteiger partial charge is 0.237 e. The van der Waals surface area contributed by atoms with E-state index in [0.29, 0.717) is 5.88 Å². The average Bonchev–Trinajstić information content (AvgIpc) is 2.32. The van der Waals surface area contributed by atoms with Crippen molar-refractivity contribution in [3.05, 3.63) is 11.8 Å². The topological polar surface area (TPSA) is 39.1 Å². The number of hydrogen-bond acceptors (Lipinski definition) is 3. The van der Waals surface area contributed by atoms with E-state index in [4.69, 9.17) is 4.74 Å². The number of nitrogens with zero attached hydrogens (tertiary/aromatic N) is 2. The SMILES string of the molecule is CNCc1cn(C)nc1OC. The van der Waals surface area contributed by atoms with Crippen molar-refractivity contribution in [1.82, 2.24) is 15.1 Å². The van der Waals surface area contributed by atoms with E-state index in [-0.39, 0.29) is 0 Å². The van der Waals surface area contributed by atoms with Crippen LogP contribution in [0.1, 0.15) is 5.56 Å². The summed E-state index contributed by atoms with van der Waals surface area (Å²) < 4.78 is 6.79. The third-order valence-electron chi connectivity index (χ3n) is 1.43. The minimum absolute atomic E-state index is 0.696. The Bertz CT molecular complexity index is 232. The molecule has 0 saturated heterocycles. The first-order valence-electron chi connectivity index (χ1n) is 3.49. The fraction of sp³-hybridized carbons (Fsp3) is 0.571. The second-order valence-electron chi connectivity index (χ2n) is 2.37. The average molecular weight is 155 g/mol. The molecule has 62 valence electrons. The zero-order valence-electron chi connectivity index (χ0n) is 7.09. The van der Waals surface area contributed by atoms with Crippen molar-refractivity contribution >= 4 is 0 Å². The molecule has 0 amide bonds. The van der Waals surface area contributed by atoms with Gasteiger partial charge in [0.05, 0.1) is 7.11 Å². The molecule has 0 radical (unpaired) electrons. The van der Waals surface area contributed by atoms with Gasteiger partial charge in [0.15, 0.2) is 0 Å². The monoisotopic (exact) mass is 155 g/mol. The molecule has 0 atom stereocenters. The fourth-order valence-corrected chi connectivity index (χ4v) is 1.00. The first kappa shape index (κ1) is 8.07. The highest BCUT2D eigenvalue weighted by molar-refractivity contribution is 5.22. The van der Waals surface area contributed by atoms with Gasteiger partial charge in [-0.05, 0) is 7.05 Å². The van der Waals surface area contributed by atoms with Crippen molar-refractivity contribution in [2.24, 2.45) is 7.05 Å². The van der Waals surface area contributed by atoms with Gasteiger partial charge in [-0.2, -0.15) is 0 Å². The first-order valence-corrected chi connectivity index (χ1v) is 3.49. The molecular formula is C7H13N3O. The number of aryl methyl sites for hydroxylation is 1. The van der Waals surface area contributed by atoms with Crippen molar-refractivity contribution in [3.8, 4) is 5.88 Å². The molecular weight excluding hydrogens is 142 g/mol. The van der Waals surface area contributed by atoms with Crippen LogP contribution in [0.3, 0.4) is 0 Å². The van der Waals surface area contributed by atoms with Crippen molar-refractivity contribution < 1.29 is 4.74 Å². The molecule has 0 bridgehead atoms. The van der Waals surface area contributed by atoms with Crippen LogP contribution in [0.5, 0.6) is 5.88 Å². The van der Waals surface area contributed by atoms with Crippen molar-refractivity contribution in [2.45, 2.75) is 6.54 Å². The molecule has 0 aromatic carbocycles.